The van der Waals surface area contributed by atoms with Crippen molar-refractivity contribution in [2.24, 2.45) is 0 Å². The Labute approximate surface area is 210 Å². The van der Waals surface area contributed by atoms with E-state index < -0.39 is 17.9 Å². The summed E-state index contributed by atoms with van der Waals surface area (Å²) in [4.78, 5) is 65.2. The van der Waals surface area contributed by atoms with Crippen molar-refractivity contribution in [1.82, 2.24) is 14.7 Å². The Morgan fingerprint density at radius 1 is 0.667 bits per heavy atom. The smallest absolute Gasteiger partial charge is 0.304 e. The van der Waals surface area contributed by atoms with Crippen molar-refractivity contribution < 1.29 is 44.1 Å². The molecule has 0 amide bonds. The van der Waals surface area contributed by atoms with Crippen LogP contribution in [0.1, 0.15) is 40.0 Å². The summed E-state index contributed by atoms with van der Waals surface area (Å²) >= 11 is 0. The molecular weight excluding hydrogens is 474 g/mol. The van der Waals surface area contributed by atoms with Crippen LogP contribution in [0, 0.1) is 0 Å². The van der Waals surface area contributed by atoms with E-state index in [9.17, 15) is 28.8 Å². The molecule has 36 heavy (non-hydrogen) atoms. The Balaban J connectivity index is 0.000000454. The summed E-state index contributed by atoms with van der Waals surface area (Å²) < 4.78 is 0. The van der Waals surface area contributed by atoms with E-state index in [-0.39, 0.29) is 24.8 Å². The van der Waals surface area contributed by atoms with E-state index in [2.05, 4.69) is 35.5 Å². The average molecular weight is 510 g/mol. The first-order valence-electron chi connectivity index (χ1n) is 11.5. The SMILES string of the molecule is CC1CN1CCC(=O)O.CC1CN1CCC(=O)O.CC1CN1CCC(=O)O.O=C=CC(=C=O)C=C=O. The summed E-state index contributed by atoms with van der Waals surface area (Å²) in [6.07, 6.45) is 2.45. The summed E-state index contributed by atoms with van der Waals surface area (Å²) in [5.41, 5.74) is -0.153. The zero-order chi connectivity index (χ0) is 27.7. The molecule has 3 N–H and O–H groups in total. The molecule has 12 heteroatoms. The van der Waals surface area contributed by atoms with E-state index in [0.717, 1.165) is 51.4 Å². The largest absolute Gasteiger partial charge is 0.481 e. The molecule has 0 aromatic rings. The van der Waals surface area contributed by atoms with Gasteiger partial charge in [0.25, 0.3) is 0 Å². The summed E-state index contributed by atoms with van der Waals surface area (Å²) in [7, 11) is 0. The van der Waals surface area contributed by atoms with Gasteiger partial charge in [0.2, 0.25) is 0 Å². The predicted octanol–water partition coefficient (Wildman–Crippen LogP) is 0.0156. The summed E-state index contributed by atoms with van der Waals surface area (Å²) in [6, 6.07) is 1.89. The second-order valence-corrected chi connectivity index (χ2v) is 8.54. The van der Waals surface area contributed by atoms with Gasteiger partial charge in [-0.3, -0.25) is 29.1 Å². The van der Waals surface area contributed by atoms with Gasteiger partial charge >= 0.3 is 17.9 Å². The van der Waals surface area contributed by atoms with Gasteiger partial charge in [0, 0.05) is 69.5 Å². The maximum atomic E-state index is 10.0. The molecule has 0 aromatic carbocycles. The van der Waals surface area contributed by atoms with Crippen LogP contribution in [-0.4, -0.2) is 123 Å². The van der Waals surface area contributed by atoms with Gasteiger partial charge in [0.1, 0.15) is 17.8 Å². The average Bonchev–Trinajstić information content (AvgIpc) is 3.75. The maximum absolute atomic E-state index is 10.0. The highest BCUT2D eigenvalue weighted by Gasteiger charge is 2.29. The normalized spacial score (nSPS) is 25.5. The molecule has 3 saturated heterocycles. The molecule has 3 heterocycles. The van der Waals surface area contributed by atoms with Crippen molar-refractivity contribution in [3.05, 3.63) is 17.7 Å². The van der Waals surface area contributed by atoms with Crippen LogP contribution in [0.4, 0.5) is 0 Å². The quantitative estimate of drug-likeness (QED) is 0.194. The Hall–Kier alpha value is -3.36. The molecule has 0 spiro atoms. The number of carboxylic acids is 3. The van der Waals surface area contributed by atoms with Crippen LogP contribution in [0.15, 0.2) is 17.7 Å². The van der Waals surface area contributed by atoms with Crippen molar-refractivity contribution in [1.29, 1.82) is 0 Å². The number of carboxylic acid groups (broad SMARTS) is 3. The molecule has 6 unspecified atom stereocenters. The van der Waals surface area contributed by atoms with E-state index in [0.29, 0.717) is 18.1 Å². The van der Waals surface area contributed by atoms with E-state index >= 15 is 0 Å². The lowest BCUT2D eigenvalue weighted by molar-refractivity contribution is -0.138. The molecule has 3 aliphatic heterocycles. The second-order valence-electron chi connectivity index (χ2n) is 8.54. The van der Waals surface area contributed by atoms with Crippen LogP contribution < -0.4 is 0 Å². The van der Waals surface area contributed by atoms with E-state index in [1.54, 1.807) is 0 Å². The zero-order valence-corrected chi connectivity index (χ0v) is 20.9. The van der Waals surface area contributed by atoms with Gasteiger partial charge in [0.15, 0.2) is 0 Å². The molecule has 0 bridgehead atoms. The molecule has 0 aliphatic carbocycles. The third kappa shape index (κ3) is 19.0. The maximum Gasteiger partial charge on any atom is 0.304 e. The monoisotopic (exact) mass is 509 g/mol. The topological polar surface area (TPSA) is 172 Å². The molecule has 0 saturated carbocycles. The number of aliphatic carboxylic acids is 3. The first-order valence-corrected chi connectivity index (χ1v) is 11.5. The molecule has 0 aromatic heterocycles. The van der Waals surface area contributed by atoms with Crippen molar-refractivity contribution in [3.63, 3.8) is 0 Å². The van der Waals surface area contributed by atoms with Crippen LogP contribution in [0.2, 0.25) is 0 Å². The lowest BCUT2D eigenvalue weighted by atomic mass is 10.3. The van der Waals surface area contributed by atoms with Crippen LogP contribution in [0.25, 0.3) is 0 Å². The first-order chi connectivity index (χ1) is 16.9. The third-order valence-corrected chi connectivity index (χ3v) is 5.35. The van der Waals surface area contributed by atoms with Crippen molar-refractivity contribution in [2.75, 3.05) is 39.3 Å². The highest BCUT2D eigenvalue weighted by Crippen LogP contribution is 2.16. The number of hydrogen-bond acceptors (Lipinski definition) is 9. The first kappa shape index (κ1) is 32.6. The number of hydrogen-bond donors (Lipinski definition) is 3. The Kier molecular flexibility index (Phi) is 16.3. The highest BCUT2D eigenvalue weighted by atomic mass is 16.4. The Bertz CT molecular complexity index is 796. The number of carbonyl (C=O) groups is 3. The summed E-state index contributed by atoms with van der Waals surface area (Å²) in [5, 5.41) is 24.7. The van der Waals surface area contributed by atoms with Crippen LogP contribution >= 0.6 is 0 Å². The fraction of sp³-hybridized carbons (Fsp3) is 0.625. The number of allylic oxidation sites excluding steroid dienone is 3. The highest BCUT2D eigenvalue weighted by molar-refractivity contribution is 5.73. The second kappa shape index (κ2) is 18.0. The molecule has 0 radical (unpaired) electrons. The molecular formula is C24H35N3O9. The van der Waals surface area contributed by atoms with Crippen LogP contribution in [-0.2, 0) is 28.8 Å². The fourth-order valence-electron chi connectivity index (χ4n) is 2.76. The van der Waals surface area contributed by atoms with Gasteiger partial charge in [-0.2, -0.15) is 0 Å². The van der Waals surface area contributed by atoms with Gasteiger partial charge in [-0.1, -0.05) is 0 Å². The minimum absolute atomic E-state index is 0.153. The Morgan fingerprint density at radius 3 is 1.06 bits per heavy atom. The lowest BCUT2D eigenvalue weighted by Crippen LogP contribution is -2.07. The van der Waals surface area contributed by atoms with Gasteiger partial charge in [-0.25, -0.2) is 14.4 Å². The van der Waals surface area contributed by atoms with Gasteiger partial charge in [-0.05, 0) is 20.8 Å². The van der Waals surface area contributed by atoms with Crippen molar-refractivity contribution in [3.8, 4) is 0 Å². The lowest BCUT2D eigenvalue weighted by Gasteiger charge is -1.95. The molecule has 3 fully saturated rings. The standard InChI is InChI=1S/3C6H11NO2.C6H2O3/c3*1-5-4-7(5)3-2-6(8)9;7-3-1-6(5-9)2-4-8/h3*5H,2-4H2,1H3,(H,8,9);1-2H. The fourth-order valence-corrected chi connectivity index (χ4v) is 2.76. The molecule has 12 nitrogen and oxygen atoms in total. The minimum Gasteiger partial charge on any atom is -0.481 e. The number of carbonyl (C=O) groups excluding carboxylic acids is 3. The third-order valence-electron chi connectivity index (χ3n) is 5.35. The molecule has 3 rings (SSSR count). The molecule has 6 atom stereocenters. The van der Waals surface area contributed by atoms with Gasteiger partial charge in [0.05, 0.1) is 24.8 Å². The van der Waals surface area contributed by atoms with Crippen LogP contribution in [0.5, 0.6) is 0 Å². The summed E-state index contributed by atoms with van der Waals surface area (Å²) in [5.74, 6) is 1.87. The number of nitrogens with zero attached hydrogens (tertiary/aromatic N) is 3. The number of rotatable bonds is 11. The molecule has 200 valence electrons. The van der Waals surface area contributed by atoms with Crippen molar-refractivity contribution in [2.45, 2.75) is 58.2 Å². The van der Waals surface area contributed by atoms with E-state index in [1.165, 1.54) is 17.8 Å². The van der Waals surface area contributed by atoms with E-state index in [4.69, 9.17) is 15.3 Å². The van der Waals surface area contributed by atoms with Crippen LogP contribution in [0.3, 0.4) is 0 Å². The van der Waals surface area contributed by atoms with Gasteiger partial charge < -0.3 is 15.3 Å². The van der Waals surface area contributed by atoms with Crippen molar-refractivity contribution >= 4 is 35.7 Å². The minimum atomic E-state index is -0.700. The Morgan fingerprint density at radius 2 is 0.917 bits per heavy atom. The predicted molar refractivity (Wildman–Crippen MR) is 130 cm³/mol. The summed E-state index contributed by atoms with van der Waals surface area (Å²) in [6.45, 7) is 11.7. The van der Waals surface area contributed by atoms with E-state index in [1.807, 2.05) is 0 Å². The zero-order valence-electron chi connectivity index (χ0n) is 20.9. The molecule has 3 aliphatic rings. The van der Waals surface area contributed by atoms with Gasteiger partial charge in [-0.15, -0.1) is 0 Å².